The number of aliphatic imine (C=N–C) groups is 1. The SMILES string of the molecule is Cc1cc(OC(F)F)cnc1C(=O)Nc1csc([C@]23COC4(CCC4)CC2COC(N)=N3)n1. The van der Waals surface area contributed by atoms with Crippen molar-refractivity contribution >= 4 is 29.1 Å². The van der Waals surface area contributed by atoms with E-state index in [4.69, 9.17) is 15.2 Å². The minimum atomic E-state index is -2.97. The zero-order valence-electron chi connectivity index (χ0n) is 17.8. The van der Waals surface area contributed by atoms with E-state index in [0.29, 0.717) is 29.6 Å². The van der Waals surface area contributed by atoms with E-state index in [1.54, 1.807) is 12.3 Å². The molecule has 2 aliphatic heterocycles. The predicted octanol–water partition coefficient (Wildman–Crippen LogP) is 3.20. The number of fused-ring (bicyclic) bond motifs is 1. The summed E-state index contributed by atoms with van der Waals surface area (Å²) in [5.74, 6) is -0.215. The number of alkyl halides is 2. The second kappa shape index (κ2) is 8.17. The van der Waals surface area contributed by atoms with Gasteiger partial charge in [0.15, 0.2) is 0 Å². The van der Waals surface area contributed by atoms with Gasteiger partial charge in [-0.15, -0.1) is 11.3 Å². The summed E-state index contributed by atoms with van der Waals surface area (Å²) >= 11 is 1.36. The number of aromatic nitrogens is 2. The first-order valence-electron chi connectivity index (χ1n) is 10.6. The molecule has 1 amide bonds. The Kier molecular flexibility index (Phi) is 5.44. The molecule has 9 nitrogen and oxygen atoms in total. The molecule has 0 bridgehead atoms. The quantitative estimate of drug-likeness (QED) is 0.676. The molecule has 1 unspecified atom stereocenters. The largest absolute Gasteiger partial charge is 0.465 e. The maximum atomic E-state index is 12.7. The Labute approximate surface area is 192 Å². The smallest absolute Gasteiger partial charge is 0.387 e. The number of hydrogen-bond donors (Lipinski definition) is 2. The molecule has 1 spiro atoms. The van der Waals surface area contributed by atoms with Crippen molar-refractivity contribution in [2.75, 3.05) is 18.5 Å². The number of nitrogens with one attached hydrogen (secondary N) is 1. The van der Waals surface area contributed by atoms with Crippen LogP contribution in [0.4, 0.5) is 14.6 Å². The van der Waals surface area contributed by atoms with Crippen LogP contribution in [-0.4, -0.2) is 47.3 Å². The number of nitrogens with two attached hydrogens (primary N) is 1. The first kappa shape index (κ1) is 22.0. The Morgan fingerprint density at radius 2 is 2.24 bits per heavy atom. The lowest BCUT2D eigenvalue weighted by atomic mass is 9.67. The van der Waals surface area contributed by atoms with E-state index in [1.807, 2.05) is 0 Å². The number of pyridine rings is 1. The van der Waals surface area contributed by atoms with E-state index in [1.165, 1.54) is 17.4 Å². The number of anilines is 1. The molecule has 0 aromatic carbocycles. The summed E-state index contributed by atoms with van der Waals surface area (Å²) in [6.07, 6.45) is 5.12. The van der Waals surface area contributed by atoms with Gasteiger partial charge in [0.25, 0.3) is 11.9 Å². The van der Waals surface area contributed by atoms with Crippen LogP contribution in [0.15, 0.2) is 22.6 Å². The van der Waals surface area contributed by atoms with Gasteiger partial charge < -0.3 is 25.3 Å². The summed E-state index contributed by atoms with van der Waals surface area (Å²) in [4.78, 5) is 25.9. The van der Waals surface area contributed by atoms with Crippen molar-refractivity contribution in [2.45, 2.75) is 50.4 Å². The highest BCUT2D eigenvalue weighted by Crippen LogP contribution is 2.53. The lowest BCUT2D eigenvalue weighted by Crippen LogP contribution is -2.58. The Balaban J connectivity index is 1.35. The molecule has 2 aromatic heterocycles. The highest BCUT2D eigenvalue weighted by molar-refractivity contribution is 7.10. The Morgan fingerprint density at radius 1 is 1.42 bits per heavy atom. The molecule has 1 aliphatic carbocycles. The Bertz CT molecular complexity index is 1110. The molecule has 2 aromatic rings. The van der Waals surface area contributed by atoms with Crippen LogP contribution in [-0.2, 0) is 15.0 Å². The third kappa shape index (κ3) is 4.01. The van der Waals surface area contributed by atoms with Crippen LogP contribution in [0.3, 0.4) is 0 Å². The van der Waals surface area contributed by atoms with Crippen LogP contribution in [0.2, 0.25) is 0 Å². The standard InChI is InChI=1S/C21H23F2N5O4S/c1-11-5-13(32-18(22)23)7-25-15(11)16(29)26-14-9-33-17(27-14)21-10-31-20(3-2-4-20)6-12(21)8-30-19(24)28-21/h5,7,9,12,18H,2-4,6,8,10H2,1H3,(H2,24,28)(H,26,29)/t12?,21-/m0/s1. The van der Waals surface area contributed by atoms with E-state index in [0.717, 1.165) is 31.9 Å². The van der Waals surface area contributed by atoms with Crippen LogP contribution in [0.25, 0.3) is 0 Å². The molecule has 2 atom stereocenters. The summed E-state index contributed by atoms with van der Waals surface area (Å²) in [5, 5.41) is 5.13. The van der Waals surface area contributed by atoms with Gasteiger partial charge in [-0.3, -0.25) is 4.79 Å². The predicted molar refractivity (Wildman–Crippen MR) is 116 cm³/mol. The molecule has 33 heavy (non-hydrogen) atoms. The fourth-order valence-corrected chi connectivity index (χ4v) is 5.62. The molecule has 4 heterocycles. The molecular weight excluding hydrogens is 456 g/mol. The van der Waals surface area contributed by atoms with Crippen molar-refractivity contribution in [2.24, 2.45) is 16.6 Å². The number of carbonyl (C=O) groups excluding carboxylic acids is 1. The molecule has 3 aliphatic rings. The van der Waals surface area contributed by atoms with Gasteiger partial charge in [0.1, 0.15) is 27.8 Å². The fourth-order valence-electron chi connectivity index (χ4n) is 4.66. The zero-order chi connectivity index (χ0) is 23.2. The Morgan fingerprint density at radius 3 is 2.94 bits per heavy atom. The normalized spacial score (nSPS) is 25.6. The van der Waals surface area contributed by atoms with Crippen molar-refractivity contribution in [1.82, 2.24) is 9.97 Å². The van der Waals surface area contributed by atoms with E-state index < -0.39 is 18.1 Å². The minimum absolute atomic E-state index is 0.0693. The molecule has 2 fully saturated rings. The number of ether oxygens (including phenoxy) is 3. The van der Waals surface area contributed by atoms with Crippen molar-refractivity contribution in [1.29, 1.82) is 0 Å². The number of nitrogens with zero attached hydrogens (tertiary/aromatic N) is 3. The van der Waals surface area contributed by atoms with E-state index >= 15 is 0 Å². The molecule has 5 rings (SSSR count). The van der Waals surface area contributed by atoms with Crippen molar-refractivity contribution in [3.63, 3.8) is 0 Å². The topological polar surface area (TPSA) is 121 Å². The van der Waals surface area contributed by atoms with Crippen molar-refractivity contribution in [3.8, 4) is 5.75 Å². The van der Waals surface area contributed by atoms with Crippen LogP contribution in [0.1, 0.15) is 46.7 Å². The molecule has 12 heteroatoms. The van der Waals surface area contributed by atoms with Gasteiger partial charge in [-0.2, -0.15) is 8.78 Å². The van der Waals surface area contributed by atoms with Gasteiger partial charge in [-0.25, -0.2) is 15.0 Å². The van der Waals surface area contributed by atoms with Crippen LogP contribution in [0.5, 0.6) is 5.75 Å². The summed E-state index contributed by atoms with van der Waals surface area (Å²) in [7, 11) is 0. The van der Waals surface area contributed by atoms with Crippen LogP contribution >= 0.6 is 11.3 Å². The maximum absolute atomic E-state index is 12.7. The van der Waals surface area contributed by atoms with E-state index in [2.05, 4.69) is 25.0 Å². The number of rotatable bonds is 5. The second-order valence-electron chi connectivity index (χ2n) is 8.62. The Hall–Kier alpha value is -2.86. The summed E-state index contributed by atoms with van der Waals surface area (Å²) in [5.41, 5.74) is 5.55. The van der Waals surface area contributed by atoms with E-state index in [-0.39, 0.29) is 29.0 Å². The second-order valence-corrected chi connectivity index (χ2v) is 9.48. The lowest BCUT2D eigenvalue weighted by Gasteiger charge is -2.53. The number of hydrogen-bond acceptors (Lipinski definition) is 9. The average molecular weight is 480 g/mol. The molecule has 0 radical (unpaired) electrons. The number of amides is 1. The maximum Gasteiger partial charge on any atom is 0.387 e. The van der Waals surface area contributed by atoms with Crippen LogP contribution < -0.4 is 15.8 Å². The molecular formula is C21H23F2N5O4S. The summed E-state index contributed by atoms with van der Waals surface area (Å²) in [6.45, 7) is -0.578. The van der Waals surface area contributed by atoms with Gasteiger partial charge >= 0.3 is 6.61 Å². The monoisotopic (exact) mass is 479 g/mol. The highest BCUT2D eigenvalue weighted by Gasteiger charge is 2.56. The zero-order valence-corrected chi connectivity index (χ0v) is 18.7. The number of carbonyl (C=O) groups is 1. The third-order valence-electron chi connectivity index (χ3n) is 6.51. The van der Waals surface area contributed by atoms with Crippen molar-refractivity contribution in [3.05, 3.63) is 33.9 Å². The summed E-state index contributed by atoms with van der Waals surface area (Å²) in [6, 6.07) is 1.44. The molecule has 1 saturated carbocycles. The number of amidine groups is 1. The van der Waals surface area contributed by atoms with Gasteiger partial charge in [0, 0.05) is 11.3 Å². The number of aryl methyl sites for hydroxylation is 1. The van der Waals surface area contributed by atoms with Crippen molar-refractivity contribution < 1.29 is 27.8 Å². The lowest BCUT2D eigenvalue weighted by molar-refractivity contribution is -0.182. The van der Waals surface area contributed by atoms with Gasteiger partial charge in [0.2, 0.25) is 0 Å². The van der Waals surface area contributed by atoms with Gasteiger partial charge in [0.05, 0.1) is 25.0 Å². The van der Waals surface area contributed by atoms with Crippen LogP contribution in [0, 0.1) is 12.8 Å². The molecule has 1 saturated heterocycles. The highest BCUT2D eigenvalue weighted by atomic mass is 32.1. The average Bonchev–Trinajstić information content (AvgIpc) is 3.20. The third-order valence-corrected chi connectivity index (χ3v) is 7.52. The molecule has 3 N–H and O–H groups in total. The minimum Gasteiger partial charge on any atom is -0.465 e. The molecule has 176 valence electrons. The first-order valence-corrected chi connectivity index (χ1v) is 11.5. The number of halogens is 2. The fraction of sp³-hybridized carbons (Fsp3) is 0.524. The summed E-state index contributed by atoms with van der Waals surface area (Å²) < 4.78 is 40.9. The van der Waals surface area contributed by atoms with Gasteiger partial charge in [-0.1, -0.05) is 0 Å². The van der Waals surface area contributed by atoms with E-state index in [9.17, 15) is 13.6 Å². The van der Waals surface area contributed by atoms with Gasteiger partial charge in [-0.05, 0) is 44.2 Å². The number of thiazole rings is 1. The first-order chi connectivity index (χ1) is 15.8.